The number of hydrogen-bond donors (Lipinski definition) is 2. The van der Waals surface area contributed by atoms with Crippen molar-refractivity contribution >= 4 is 5.96 Å². The van der Waals surface area contributed by atoms with Crippen molar-refractivity contribution in [3.05, 3.63) is 0 Å². The summed E-state index contributed by atoms with van der Waals surface area (Å²) in [5.41, 5.74) is 0. The average molecular weight is 293 g/mol. The maximum atomic E-state index is 12.0. The van der Waals surface area contributed by atoms with Crippen molar-refractivity contribution in [1.82, 2.24) is 10.6 Å². The first-order chi connectivity index (χ1) is 9.48. The van der Waals surface area contributed by atoms with Crippen molar-refractivity contribution in [3.63, 3.8) is 0 Å². The Balaban J connectivity index is 1.61. The summed E-state index contributed by atoms with van der Waals surface area (Å²) in [6, 6.07) is 0.273. The maximum absolute atomic E-state index is 12.0. The first-order valence-electron chi connectivity index (χ1n) is 7.17. The number of nitrogens with one attached hydrogen (secondary N) is 2. The van der Waals surface area contributed by atoms with Gasteiger partial charge in [-0.15, -0.1) is 0 Å². The second kappa shape index (κ2) is 6.65. The maximum Gasteiger partial charge on any atom is 0.389 e. The summed E-state index contributed by atoms with van der Waals surface area (Å²) >= 11 is 0. The Hall–Kier alpha value is -0.980. The lowest BCUT2D eigenvalue weighted by molar-refractivity contribution is -0.135. The van der Waals surface area contributed by atoms with Crippen LogP contribution in [0.15, 0.2) is 4.99 Å². The third-order valence-electron chi connectivity index (χ3n) is 3.83. The van der Waals surface area contributed by atoms with Crippen LogP contribution in [0.1, 0.15) is 38.5 Å². The summed E-state index contributed by atoms with van der Waals surface area (Å²) in [6.45, 7) is 0.497. The van der Waals surface area contributed by atoms with Crippen LogP contribution < -0.4 is 10.6 Å². The standard InChI is InChI=1S/C13H22F3N3O/c1-17-12(18-7-3-2-6-13(14,15)16)19-10-8-9-4-5-11(10)20-9/h9-11H,2-8H2,1H3,(H2,17,18,19). The fourth-order valence-electron chi connectivity index (χ4n) is 2.82. The van der Waals surface area contributed by atoms with Gasteiger partial charge in [-0.25, -0.2) is 0 Å². The Morgan fingerprint density at radius 3 is 2.65 bits per heavy atom. The van der Waals surface area contributed by atoms with E-state index in [1.54, 1.807) is 7.05 Å². The summed E-state index contributed by atoms with van der Waals surface area (Å²) < 4.78 is 41.7. The molecule has 7 heteroatoms. The normalized spacial score (nSPS) is 29.8. The molecule has 0 aromatic rings. The van der Waals surface area contributed by atoms with E-state index in [1.165, 1.54) is 0 Å². The van der Waals surface area contributed by atoms with E-state index in [0.717, 1.165) is 19.3 Å². The van der Waals surface area contributed by atoms with Crippen LogP contribution in [0.4, 0.5) is 13.2 Å². The van der Waals surface area contributed by atoms with E-state index in [2.05, 4.69) is 15.6 Å². The zero-order valence-electron chi connectivity index (χ0n) is 11.7. The molecule has 4 nitrogen and oxygen atoms in total. The highest BCUT2D eigenvalue weighted by atomic mass is 19.4. The summed E-state index contributed by atoms with van der Waals surface area (Å²) in [4.78, 5) is 4.10. The van der Waals surface area contributed by atoms with Gasteiger partial charge in [-0.05, 0) is 32.1 Å². The van der Waals surface area contributed by atoms with E-state index in [1.807, 2.05) is 0 Å². The molecule has 2 aliphatic heterocycles. The van der Waals surface area contributed by atoms with Crippen molar-refractivity contribution in [1.29, 1.82) is 0 Å². The molecule has 0 amide bonds. The predicted octanol–water partition coefficient (Wildman–Crippen LogP) is 2.20. The van der Waals surface area contributed by atoms with Crippen LogP contribution in [0.2, 0.25) is 0 Å². The number of hydrogen-bond acceptors (Lipinski definition) is 2. The zero-order valence-corrected chi connectivity index (χ0v) is 11.7. The highest BCUT2D eigenvalue weighted by Crippen LogP contribution is 2.34. The lowest BCUT2D eigenvalue weighted by atomic mass is 9.96. The number of fused-ring (bicyclic) bond motifs is 2. The van der Waals surface area contributed by atoms with Gasteiger partial charge in [-0.1, -0.05) is 0 Å². The Kier molecular flexibility index (Phi) is 5.12. The van der Waals surface area contributed by atoms with Crippen LogP contribution in [-0.2, 0) is 4.74 Å². The fraction of sp³-hybridized carbons (Fsp3) is 0.923. The lowest BCUT2D eigenvalue weighted by Gasteiger charge is -2.22. The lowest BCUT2D eigenvalue weighted by Crippen LogP contribution is -2.47. The van der Waals surface area contributed by atoms with Gasteiger partial charge < -0.3 is 15.4 Å². The number of unbranched alkanes of at least 4 members (excludes halogenated alkanes) is 1. The van der Waals surface area contributed by atoms with Crippen LogP contribution in [-0.4, -0.2) is 44.0 Å². The average Bonchev–Trinajstić information content (AvgIpc) is 2.97. The largest absolute Gasteiger partial charge is 0.389 e. The number of guanidine groups is 1. The van der Waals surface area contributed by atoms with Gasteiger partial charge >= 0.3 is 6.18 Å². The molecule has 2 aliphatic rings. The van der Waals surface area contributed by atoms with Gasteiger partial charge in [-0.3, -0.25) is 4.99 Å². The SMILES string of the molecule is CN=C(NCCCCC(F)(F)F)NC1CC2CCC1O2. The molecule has 0 aromatic heterocycles. The van der Waals surface area contributed by atoms with E-state index in [4.69, 9.17) is 4.74 Å². The molecule has 0 radical (unpaired) electrons. The molecular formula is C13H22F3N3O. The molecule has 2 saturated heterocycles. The molecule has 0 saturated carbocycles. The van der Waals surface area contributed by atoms with Gasteiger partial charge in [0.2, 0.25) is 0 Å². The third kappa shape index (κ3) is 4.54. The van der Waals surface area contributed by atoms with Gasteiger partial charge in [0.05, 0.1) is 18.2 Å². The molecule has 2 fully saturated rings. The van der Waals surface area contributed by atoms with Gasteiger partial charge in [0.25, 0.3) is 0 Å². The summed E-state index contributed by atoms with van der Waals surface area (Å²) in [6.07, 6.45) is -0.345. The van der Waals surface area contributed by atoms with Crippen LogP contribution >= 0.6 is 0 Å². The minimum absolute atomic E-state index is 0.144. The van der Waals surface area contributed by atoms with Crippen LogP contribution in [0, 0.1) is 0 Å². The Morgan fingerprint density at radius 1 is 1.30 bits per heavy atom. The number of ether oxygens (including phenoxy) is 1. The topological polar surface area (TPSA) is 45.7 Å². The van der Waals surface area contributed by atoms with Crippen LogP contribution in [0.25, 0.3) is 0 Å². The fourth-order valence-corrected chi connectivity index (χ4v) is 2.82. The quantitative estimate of drug-likeness (QED) is 0.464. The molecule has 2 bridgehead atoms. The molecule has 0 aromatic carbocycles. The Labute approximate surface area is 117 Å². The van der Waals surface area contributed by atoms with E-state index >= 15 is 0 Å². The van der Waals surface area contributed by atoms with Gasteiger partial charge in [0, 0.05) is 20.0 Å². The predicted molar refractivity (Wildman–Crippen MR) is 70.7 cm³/mol. The molecule has 2 rings (SSSR count). The van der Waals surface area contributed by atoms with E-state index < -0.39 is 12.6 Å². The van der Waals surface area contributed by atoms with Gasteiger partial charge in [0.15, 0.2) is 5.96 Å². The van der Waals surface area contributed by atoms with E-state index in [-0.39, 0.29) is 18.6 Å². The molecule has 116 valence electrons. The van der Waals surface area contributed by atoms with Crippen LogP contribution in [0.3, 0.4) is 0 Å². The molecule has 0 spiro atoms. The van der Waals surface area contributed by atoms with Gasteiger partial charge in [0.1, 0.15) is 0 Å². The zero-order chi connectivity index (χ0) is 14.6. The number of nitrogens with zero attached hydrogens (tertiary/aromatic N) is 1. The monoisotopic (exact) mass is 293 g/mol. The summed E-state index contributed by atoms with van der Waals surface area (Å²) in [7, 11) is 1.67. The first kappa shape index (κ1) is 15.4. The molecule has 2 heterocycles. The Morgan fingerprint density at radius 2 is 2.10 bits per heavy atom. The van der Waals surface area contributed by atoms with Crippen LogP contribution in [0.5, 0.6) is 0 Å². The van der Waals surface area contributed by atoms with Crippen molar-refractivity contribution < 1.29 is 17.9 Å². The van der Waals surface area contributed by atoms with E-state index in [9.17, 15) is 13.2 Å². The molecular weight excluding hydrogens is 271 g/mol. The summed E-state index contributed by atoms with van der Waals surface area (Å²) in [5.74, 6) is 0.651. The molecule has 0 aliphatic carbocycles. The number of rotatable bonds is 5. The number of alkyl halides is 3. The van der Waals surface area contributed by atoms with Crippen molar-refractivity contribution in [2.24, 2.45) is 4.99 Å². The molecule has 2 N–H and O–H groups in total. The molecule has 3 atom stereocenters. The van der Waals surface area contributed by atoms with Crippen molar-refractivity contribution in [2.45, 2.75) is 63.0 Å². The Bertz CT molecular complexity index is 346. The van der Waals surface area contributed by atoms with Crippen molar-refractivity contribution in [2.75, 3.05) is 13.6 Å². The molecule has 20 heavy (non-hydrogen) atoms. The number of halogens is 3. The highest BCUT2D eigenvalue weighted by molar-refractivity contribution is 5.80. The minimum Gasteiger partial charge on any atom is -0.373 e. The smallest absolute Gasteiger partial charge is 0.373 e. The second-order valence-electron chi connectivity index (χ2n) is 5.43. The van der Waals surface area contributed by atoms with E-state index in [0.29, 0.717) is 25.0 Å². The van der Waals surface area contributed by atoms with Gasteiger partial charge in [-0.2, -0.15) is 13.2 Å². The summed E-state index contributed by atoms with van der Waals surface area (Å²) in [5, 5.41) is 6.35. The molecule has 3 unspecified atom stereocenters. The first-order valence-corrected chi connectivity index (χ1v) is 7.17. The number of aliphatic imine (C=N–C) groups is 1. The second-order valence-corrected chi connectivity index (χ2v) is 5.43. The highest BCUT2D eigenvalue weighted by Gasteiger charge is 2.41. The third-order valence-corrected chi connectivity index (χ3v) is 3.83. The van der Waals surface area contributed by atoms with Crippen molar-refractivity contribution in [3.8, 4) is 0 Å². The minimum atomic E-state index is -4.06.